The molecule has 1 aliphatic heterocycles. The van der Waals surface area contributed by atoms with E-state index in [1.807, 2.05) is 0 Å². The smallest absolute Gasteiger partial charge is 0.350 e. The van der Waals surface area contributed by atoms with E-state index < -0.39 is 17.2 Å². The zero-order valence-electron chi connectivity index (χ0n) is 8.41. The first-order valence-corrected chi connectivity index (χ1v) is 5.81. The van der Waals surface area contributed by atoms with Gasteiger partial charge in [0.15, 0.2) is 0 Å². The Balaban J connectivity index is 2.28. The second-order valence-electron chi connectivity index (χ2n) is 3.63. The maximum absolute atomic E-state index is 13.6. The van der Waals surface area contributed by atoms with Gasteiger partial charge in [0.05, 0.1) is 6.61 Å². The second kappa shape index (κ2) is 4.42. The summed E-state index contributed by atoms with van der Waals surface area (Å²) < 4.78 is 14.9. The Morgan fingerprint density at radius 3 is 3.06 bits per heavy atom. The molecule has 0 spiro atoms. The standard InChI is InChI=1S/C9H12FN3O2S/c10-6-3-5(4-14)16-8(6)13-2-1-7(11)12-9(13)15/h1-2,5-6,8,14H,3-4H2,(H2,11,12,15)/t5-,6-,8+/m0/s1. The van der Waals surface area contributed by atoms with E-state index in [1.54, 1.807) is 0 Å². The van der Waals surface area contributed by atoms with E-state index >= 15 is 0 Å². The van der Waals surface area contributed by atoms with Crippen molar-refractivity contribution in [2.45, 2.75) is 23.2 Å². The summed E-state index contributed by atoms with van der Waals surface area (Å²) in [7, 11) is 0. The van der Waals surface area contributed by atoms with Crippen molar-refractivity contribution in [2.24, 2.45) is 0 Å². The molecule has 0 bridgehead atoms. The van der Waals surface area contributed by atoms with Crippen LogP contribution in [0.1, 0.15) is 11.8 Å². The highest BCUT2D eigenvalue weighted by molar-refractivity contribution is 8.00. The molecule has 1 aromatic rings. The van der Waals surface area contributed by atoms with Crippen molar-refractivity contribution in [3.63, 3.8) is 0 Å². The molecule has 7 heteroatoms. The number of hydrogen-bond donors (Lipinski definition) is 2. The number of aliphatic hydroxyl groups is 1. The molecule has 3 N–H and O–H groups in total. The number of thioether (sulfide) groups is 1. The number of hydrogen-bond acceptors (Lipinski definition) is 5. The average Bonchev–Trinajstić information content (AvgIpc) is 2.60. The Morgan fingerprint density at radius 2 is 2.50 bits per heavy atom. The number of anilines is 1. The molecule has 0 aliphatic carbocycles. The largest absolute Gasteiger partial charge is 0.395 e. The Morgan fingerprint density at radius 1 is 1.75 bits per heavy atom. The second-order valence-corrected chi connectivity index (χ2v) is 5.05. The first-order valence-electron chi connectivity index (χ1n) is 4.87. The number of nitrogens with two attached hydrogens (primary N) is 1. The molecule has 5 nitrogen and oxygen atoms in total. The van der Waals surface area contributed by atoms with Gasteiger partial charge in [0.25, 0.3) is 0 Å². The number of alkyl halides is 1. The molecule has 0 saturated carbocycles. The van der Waals surface area contributed by atoms with Crippen molar-refractivity contribution in [1.29, 1.82) is 0 Å². The van der Waals surface area contributed by atoms with Crippen LogP contribution in [-0.4, -0.2) is 32.7 Å². The lowest BCUT2D eigenvalue weighted by molar-refractivity contribution is 0.248. The van der Waals surface area contributed by atoms with E-state index in [0.717, 1.165) is 0 Å². The molecular formula is C9H12FN3O2S. The molecule has 0 aromatic carbocycles. The predicted molar refractivity (Wildman–Crippen MR) is 59.9 cm³/mol. The normalized spacial score (nSPS) is 29.5. The minimum Gasteiger partial charge on any atom is -0.395 e. The minimum atomic E-state index is -1.15. The van der Waals surface area contributed by atoms with Crippen LogP contribution in [0.3, 0.4) is 0 Å². The van der Waals surface area contributed by atoms with Crippen LogP contribution in [0.2, 0.25) is 0 Å². The molecule has 88 valence electrons. The van der Waals surface area contributed by atoms with Crippen LogP contribution in [0.4, 0.5) is 10.2 Å². The molecule has 1 aliphatic rings. The van der Waals surface area contributed by atoms with Crippen LogP contribution in [0.25, 0.3) is 0 Å². The highest BCUT2D eigenvalue weighted by atomic mass is 32.2. The first-order chi connectivity index (χ1) is 7.61. The summed E-state index contributed by atoms with van der Waals surface area (Å²) in [4.78, 5) is 15.0. The molecule has 2 rings (SSSR count). The van der Waals surface area contributed by atoms with E-state index in [1.165, 1.54) is 28.6 Å². The highest BCUT2D eigenvalue weighted by Gasteiger charge is 2.36. The number of aliphatic hydroxyl groups excluding tert-OH is 1. The minimum absolute atomic E-state index is 0.0846. The maximum Gasteiger partial charge on any atom is 0.350 e. The van der Waals surface area contributed by atoms with Crippen molar-refractivity contribution < 1.29 is 9.50 Å². The summed E-state index contributed by atoms with van der Waals surface area (Å²) in [5, 5.41) is 8.18. The van der Waals surface area contributed by atoms with E-state index in [-0.39, 0.29) is 24.1 Å². The van der Waals surface area contributed by atoms with Crippen molar-refractivity contribution >= 4 is 17.6 Å². The summed E-state index contributed by atoms with van der Waals surface area (Å²) in [5.74, 6) is 0.123. The van der Waals surface area contributed by atoms with Gasteiger partial charge in [-0.1, -0.05) is 0 Å². The molecule has 0 unspecified atom stereocenters. The van der Waals surface area contributed by atoms with Gasteiger partial charge in [-0.2, -0.15) is 4.98 Å². The predicted octanol–water partition coefficient (Wildman–Crippen LogP) is 0.160. The summed E-state index contributed by atoms with van der Waals surface area (Å²) in [6.07, 6.45) is 0.544. The fourth-order valence-electron chi connectivity index (χ4n) is 1.68. The monoisotopic (exact) mass is 245 g/mol. The van der Waals surface area contributed by atoms with Gasteiger partial charge < -0.3 is 10.8 Å². The van der Waals surface area contributed by atoms with E-state index in [9.17, 15) is 9.18 Å². The van der Waals surface area contributed by atoms with Gasteiger partial charge in [-0.25, -0.2) is 9.18 Å². The third-order valence-corrected chi connectivity index (χ3v) is 3.99. The van der Waals surface area contributed by atoms with Crippen LogP contribution in [0, 0.1) is 0 Å². The van der Waals surface area contributed by atoms with Gasteiger partial charge in [0.2, 0.25) is 0 Å². The van der Waals surface area contributed by atoms with Crippen LogP contribution in [0.15, 0.2) is 17.1 Å². The lowest BCUT2D eigenvalue weighted by Crippen LogP contribution is -2.28. The van der Waals surface area contributed by atoms with E-state index in [2.05, 4.69) is 4.98 Å². The molecule has 3 atom stereocenters. The molecule has 0 amide bonds. The van der Waals surface area contributed by atoms with Crippen LogP contribution in [0.5, 0.6) is 0 Å². The van der Waals surface area contributed by atoms with Crippen molar-refractivity contribution in [3.05, 3.63) is 22.7 Å². The SMILES string of the molecule is Nc1ccn([C@@H]2S[C@H](CO)C[C@@H]2F)c(=O)n1. The lowest BCUT2D eigenvalue weighted by Gasteiger charge is -2.14. The summed E-state index contributed by atoms with van der Waals surface area (Å²) in [5.41, 5.74) is 4.79. The summed E-state index contributed by atoms with van der Waals surface area (Å²) >= 11 is 1.25. The first kappa shape index (κ1) is 11.4. The summed E-state index contributed by atoms with van der Waals surface area (Å²) in [6.45, 7) is -0.0846. The van der Waals surface area contributed by atoms with Gasteiger partial charge in [-0.15, -0.1) is 11.8 Å². The van der Waals surface area contributed by atoms with Gasteiger partial charge in [0, 0.05) is 11.4 Å². The molecule has 0 radical (unpaired) electrons. The molecular weight excluding hydrogens is 233 g/mol. The molecule has 1 aromatic heterocycles. The zero-order chi connectivity index (χ0) is 11.7. The van der Waals surface area contributed by atoms with Gasteiger partial charge >= 0.3 is 5.69 Å². The molecule has 1 saturated heterocycles. The number of halogens is 1. The van der Waals surface area contributed by atoms with Crippen molar-refractivity contribution in [1.82, 2.24) is 9.55 Å². The Hall–Kier alpha value is -1.08. The highest BCUT2D eigenvalue weighted by Crippen LogP contribution is 2.42. The van der Waals surface area contributed by atoms with Crippen molar-refractivity contribution in [3.8, 4) is 0 Å². The Bertz CT molecular complexity index is 439. The van der Waals surface area contributed by atoms with E-state index in [0.29, 0.717) is 0 Å². The van der Waals surface area contributed by atoms with Crippen LogP contribution in [-0.2, 0) is 0 Å². The van der Waals surface area contributed by atoms with E-state index in [4.69, 9.17) is 10.8 Å². The average molecular weight is 245 g/mol. The third-order valence-electron chi connectivity index (χ3n) is 2.46. The van der Waals surface area contributed by atoms with Crippen LogP contribution < -0.4 is 11.4 Å². The number of nitrogen functional groups attached to an aromatic ring is 1. The van der Waals surface area contributed by atoms with Crippen molar-refractivity contribution in [2.75, 3.05) is 12.3 Å². The Labute approximate surface area is 95.5 Å². The number of nitrogens with zero attached hydrogens (tertiary/aromatic N) is 2. The fraction of sp³-hybridized carbons (Fsp3) is 0.556. The molecule has 16 heavy (non-hydrogen) atoms. The lowest BCUT2D eigenvalue weighted by atomic mass is 10.2. The van der Waals surface area contributed by atoms with Crippen LogP contribution >= 0.6 is 11.8 Å². The number of aromatic nitrogens is 2. The number of rotatable bonds is 2. The molecule has 1 fully saturated rings. The van der Waals surface area contributed by atoms with Gasteiger partial charge in [0.1, 0.15) is 17.4 Å². The Kier molecular flexibility index (Phi) is 3.15. The third kappa shape index (κ3) is 2.05. The summed E-state index contributed by atoms with van der Waals surface area (Å²) in [6, 6.07) is 1.46. The fourth-order valence-corrected chi connectivity index (χ4v) is 3.03. The van der Waals surface area contributed by atoms with Gasteiger partial charge in [-0.3, -0.25) is 4.57 Å². The topological polar surface area (TPSA) is 81.1 Å². The zero-order valence-corrected chi connectivity index (χ0v) is 9.23. The van der Waals surface area contributed by atoms with Gasteiger partial charge in [-0.05, 0) is 12.5 Å². The maximum atomic E-state index is 13.6. The quantitative estimate of drug-likeness (QED) is 0.775. The molecule has 2 heterocycles.